The van der Waals surface area contributed by atoms with Gasteiger partial charge in [-0.15, -0.1) is 0 Å². The van der Waals surface area contributed by atoms with Crippen molar-refractivity contribution in [1.82, 2.24) is 20.4 Å². The molecular formula is C25H32N4O2. The average Bonchev–Trinajstić information content (AvgIpc) is 2.81. The second-order valence-electron chi connectivity index (χ2n) is 8.20. The number of ether oxygens (including phenoxy) is 1. The molecule has 6 nitrogen and oxygen atoms in total. The SMILES string of the molecule is CNC(=O)N1CCN(CCOCC2=CC(c3cccc4ccccc34)C=C(C)N2)CC1. The van der Waals surface area contributed by atoms with Crippen LogP contribution in [0.4, 0.5) is 4.79 Å². The van der Waals surface area contributed by atoms with Crippen LogP contribution >= 0.6 is 0 Å². The quantitative estimate of drug-likeness (QED) is 0.704. The Bertz CT molecular complexity index is 971. The summed E-state index contributed by atoms with van der Waals surface area (Å²) in [4.78, 5) is 15.9. The summed E-state index contributed by atoms with van der Waals surface area (Å²) in [5.74, 6) is 0.240. The van der Waals surface area contributed by atoms with Crippen molar-refractivity contribution < 1.29 is 9.53 Å². The third-order valence-electron chi connectivity index (χ3n) is 6.03. The molecule has 1 fully saturated rings. The first-order valence-electron chi connectivity index (χ1n) is 11.0. The molecule has 0 spiro atoms. The van der Waals surface area contributed by atoms with Crippen molar-refractivity contribution in [2.24, 2.45) is 0 Å². The fourth-order valence-corrected chi connectivity index (χ4v) is 4.38. The molecule has 4 rings (SSSR count). The van der Waals surface area contributed by atoms with Gasteiger partial charge in [-0.25, -0.2) is 4.79 Å². The van der Waals surface area contributed by atoms with Gasteiger partial charge in [-0.1, -0.05) is 54.6 Å². The first kappa shape index (κ1) is 21.4. The van der Waals surface area contributed by atoms with Crippen LogP contribution in [0.2, 0.25) is 0 Å². The van der Waals surface area contributed by atoms with Crippen LogP contribution in [0, 0.1) is 0 Å². The van der Waals surface area contributed by atoms with Crippen LogP contribution in [0.5, 0.6) is 0 Å². The normalized spacial score (nSPS) is 19.5. The molecule has 1 unspecified atom stereocenters. The molecule has 0 aromatic heterocycles. The van der Waals surface area contributed by atoms with Crippen LogP contribution in [0.15, 0.2) is 66.0 Å². The van der Waals surface area contributed by atoms with E-state index in [0.717, 1.165) is 44.1 Å². The molecule has 0 radical (unpaired) electrons. The molecule has 0 saturated carbocycles. The zero-order chi connectivity index (χ0) is 21.6. The second-order valence-corrected chi connectivity index (χ2v) is 8.20. The molecule has 2 amide bonds. The zero-order valence-corrected chi connectivity index (χ0v) is 18.4. The second kappa shape index (κ2) is 9.98. The Balaban J connectivity index is 1.30. The van der Waals surface area contributed by atoms with Crippen molar-refractivity contribution in [2.45, 2.75) is 12.8 Å². The standard InChI is InChI=1S/C25H32N4O2/c1-19-16-21(24-9-5-7-20-6-3-4-8-23(20)24)17-22(27-19)18-31-15-14-28-10-12-29(13-11-28)25(30)26-2/h3-9,16-17,21,27H,10-15,18H2,1-2H3,(H,26,30). The van der Waals surface area contributed by atoms with Gasteiger partial charge in [0.05, 0.1) is 13.2 Å². The smallest absolute Gasteiger partial charge is 0.317 e. The number of hydrogen-bond acceptors (Lipinski definition) is 4. The van der Waals surface area contributed by atoms with E-state index >= 15 is 0 Å². The number of fused-ring (bicyclic) bond motifs is 1. The Morgan fingerprint density at radius 2 is 1.87 bits per heavy atom. The van der Waals surface area contributed by atoms with Gasteiger partial charge in [-0.2, -0.15) is 0 Å². The molecule has 2 heterocycles. The third kappa shape index (κ3) is 5.27. The molecule has 2 aliphatic rings. The lowest BCUT2D eigenvalue weighted by atomic mass is 9.90. The number of allylic oxidation sites excluding steroid dienone is 3. The van der Waals surface area contributed by atoms with Crippen molar-refractivity contribution in [2.75, 3.05) is 53.0 Å². The van der Waals surface area contributed by atoms with Gasteiger partial charge in [0.15, 0.2) is 0 Å². The number of amides is 2. The summed E-state index contributed by atoms with van der Waals surface area (Å²) in [5.41, 5.74) is 3.59. The van der Waals surface area contributed by atoms with E-state index < -0.39 is 0 Å². The zero-order valence-electron chi connectivity index (χ0n) is 18.4. The lowest BCUT2D eigenvalue weighted by molar-refractivity contribution is 0.0907. The molecule has 2 aromatic rings. The summed E-state index contributed by atoms with van der Waals surface area (Å²) in [6, 6.07) is 15.1. The van der Waals surface area contributed by atoms with Gasteiger partial charge in [0.1, 0.15) is 0 Å². The largest absolute Gasteiger partial charge is 0.374 e. The van der Waals surface area contributed by atoms with E-state index in [1.807, 2.05) is 4.90 Å². The molecule has 1 saturated heterocycles. The summed E-state index contributed by atoms with van der Waals surface area (Å²) in [7, 11) is 1.68. The van der Waals surface area contributed by atoms with Gasteiger partial charge in [-0.05, 0) is 23.3 Å². The molecule has 164 valence electrons. The minimum Gasteiger partial charge on any atom is -0.374 e. The minimum absolute atomic E-state index is 0.00961. The van der Waals surface area contributed by atoms with Gasteiger partial charge in [-0.3, -0.25) is 4.90 Å². The van der Waals surface area contributed by atoms with E-state index in [-0.39, 0.29) is 11.9 Å². The molecule has 31 heavy (non-hydrogen) atoms. The van der Waals surface area contributed by atoms with E-state index in [1.54, 1.807) is 7.05 Å². The van der Waals surface area contributed by atoms with Crippen molar-refractivity contribution in [1.29, 1.82) is 0 Å². The monoisotopic (exact) mass is 420 g/mol. The van der Waals surface area contributed by atoms with Gasteiger partial charge < -0.3 is 20.3 Å². The molecule has 6 heteroatoms. The van der Waals surface area contributed by atoms with E-state index in [2.05, 4.69) is 77.1 Å². The number of carbonyl (C=O) groups excluding carboxylic acids is 1. The number of nitrogens with one attached hydrogen (secondary N) is 2. The molecule has 2 aliphatic heterocycles. The third-order valence-corrected chi connectivity index (χ3v) is 6.03. The van der Waals surface area contributed by atoms with Crippen LogP contribution in [-0.4, -0.2) is 68.8 Å². The number of nitrogens with zero attached hydrogens (tertiary/aromatic N) is 2. The Kier molecular flexibility index (Phi) is 6.89. The topological polar surface area (TPSA) is 56.8 Å². The number of rotatable bonds is 6. The average molecular weight is 421 g/mol. The minimum atomic E-state index is 0.00961. The van der Waals surface area contributed by atoms with Crippen molar-refractivity contribution in [3.05, 3.63) is 71.6 Å². The number of hydrogen-bond donors (Lipinski definition) is 2. The van der Waals surface area contributed by atoms with Crippen molar-refractivity contribution in [3.63, 3.8) is 0 Å². The highest BCUT2D eigenvalue weighted by molar-refractivity contribution is 5.86. The van der Waals surface area contributed by atoms with Gasteiger partial charge in [0.2, 0.25) is 0 Å². The predicted octanol–water partition coefficient (Wildman–Crippen LogP) is 3.29. The number of benzene rings is 2. The maximum atomic E-state index is 11.7. The Labute approximate surface area is 184 Å². The lowest BCUT2D eigenvalue weighted by Gasteiger charge is -2.34. The first-order valence-corrected chi connectivity index (χ1v) is 11.0. The number of dihydropyridines is 1. The van der Waals surface area contributed by atoms with Crippen LogP contribution in [0.3, 0.4) is 0 Å². The first-order chi connectivity index (χ1) is 15.1. The lowest BCUT2D eigenvalue weighted by Crippen LogP contribution is -2.51. The van der Waals surface area contributed by atoms with Gasteiger partial charge >= 0.3 is 6.03 Å². The highest BCUT2D eigenvalue weighted by Crippen LogP contribution is 2.30. The summed E-state index contributed by atoms with van der Waals surface area (Å²) in [6.45, 7) is 7.57. The van der Waals surface area contributed by atoms with E-state index in [1.165, 1.54) is 16.3 Å². The predicted molar refractivity (Wildman–Crippen MR) is 125 cm³/mol. The summed E-state index contributed by atoms with van der Waals surface area (Å²) >= 11 is 0. The van der Waals surface area contributed by atoms with Crippen LogP contribution in [0.1, 0.15) is 18.4 Å². The molecule has 2 N–H and O–H groups in total. The Morgan fingerprint density at radius 3 is 2.68 bits per heavy atom. The van der Waals surface area contributed by atoms with Crippen LogP contribution in [-0.2, 0) is 4.74 Å². The molecular weight excluding hydrogens is 388 g/mol. The van der Waals surface area contributed by atoms with Crippen LogP contribution < -0.4 is 10.6 Å². The van der Waals surface area contributed by atoms with Gasteiger partial charge in [0.25, 0.3) is 0 Å². The fraction of sp³-hybridized carbons (Fsp3) is 0.400. The highest BCUT2D eigenvalue weighted by Gasteiger charge is 2.20. The van der Waals surface area contributed by atoms with Crippen molar-refractivity contribution >= 4 is 16.8 Å². The van der Waals surface area contributed by atoms with E-state index in [0.29, 0.717) is 13.2 Å². The maximum absolute atomic E-state index is 11.7. The van der Waals surface area contributed by atoms with Gasteiger partial charge in [0, 0.05) is 57.1 Å². The highest BCUT2D eigenvalue weighted by atomic mass is 16.5. The number of piperazine rings is 1. The van der Waals surface area contributed by atoms with E-state index in [9.17, 15) is 4.79 Å². The van der Waals surface area contributed by atoms with Crippen LogP contribution in [0.25, 0.3) is 10.8 Å². The number of carbonyl (C=O) groups is 1. The van der Waals surface area contributed by atoms with E-state index in [4.69, 9.17) is 4.74 Å². The molecule has 2 aromatic carbocycles. The molecule has 0 aliphatic carbocycles. The molecule has 1 atom stereocenters. The summed E-state index contributed by atoms with van der Waals surface area (Å²) in [6.07, 6.45) is 4.55. The fourth-order valence-electron chi connectivity index (χ4n) is 4.38. The Hall–Kier alpha value is -2.83. The molecule has 0 bridgehead atoms. The Morgan fingerprint density at radius 1 is 1.10 bits per heavy atom. The maximum Gasteiger partial charge on any atom is 0.317 e. The summed E-state index contributed by atoms with van der Waals surface area (Å²) in [5, 5.41) is 8.72. The number of urea groups is 1. The van der Waals surface area contributed by atoms with Crippen molar-refractivity contribution in [3.8, 4) is 0 Å². The summed E-state index contributed by atoms with van der Waals surface area (Å²) < 4.78 is 6.00.